The zero-order chi connectivity index (χ0) is 20.6. The van der Waals surface area contributed by atoms with Crippen molar-refractivity contribution < 1.29 is 14.3 Å². The van der Waals surface area contributed by atoms with Crippen molar-refractivity contribution in [1.29, 1.82) is 0 Å². The first-order valence-corrected chi connectivity index (χ1v) is 10.9. The summed E-state index contributed by atoms with van der Waals surface area (Å²) in [6.07, 6.45) is 3.80. The summed E-state index contributed by atoms with van der Waals surface area (Å²) in [7, 11) is 0. The molecule has 28 heavy (non-hydrogen) atoms. The van der Waals surface area contributed by atoms with Crippen LogP contribution in [0.1, 0.15) is 54.4 Å². The number of hydrogen-bond donors (Lipinski definition) is 3. The van der Waals surface area contributed by atoms with Crippen LogP contribution in [0.3, 0.4) is 0 Å². The molecule has 0 unspecified atom stereocenters. The van der Waals surface area contributed by atoms with Crippen molar-refractivity contribution in [3.05, 3.63) is 0 Å². The number of nitrogens with one attached hydrogen (secondary N) is 3. The van der Waals surface area contributed by atoms with Crippen LogP contribution in [0.25, 0.3) is 0 Å². The summed E-state index contributed by atoms with van der Waals surface area (Å²) >= 11 is 1.89. The van der Waals surface area contributed by atoms with Gasteiger partial charge in [0.15, 0.2) is 5.96 Å². The highest BCUT2D eigenvalue weighted by atomic mass is 127. The van der Waals surface area contributed by atoms with E-state index in [2.05, 4.69) is 27.2 Å². The lowest BCUT2D eigenvalue weighted by Crippen LogP contribution is -2.50. The van der Waals surface area contributed by atoms with E-state index in [9.17, 15) is 4.79 Å². The normalized spacial score (nSPS) is 17.3. The maximum atomic E-state index is 12.0. The van der Waals surface area contributed by atoms with Gasteiger partial charge in [-0.05, 0) is 60.6 Å². The minimum Gasteiger partial charge on any atom is -0.444 e. The number of aliphatic imine (C=N–C) groups is 1. The Morgan fingerprint density at radius 3 is 2.29 bits per heavy atom. The van der Waals surface area contributed by atoms with E-state index in [0.717, 1.165) is 45.1 Å². The summed E-state index contributed by atoms with van der Waals surface area (Å²) in [5.41, 5.74) is -1.03. The average molecular weight is 531 g/mol. The number of carbonyl (C=O) groups is 1. The number of amides is 1. The van der Waals surface area contributed by atoms with Crippen molar-refractivity contribution in [2.24, 2.45) is 4.99 Å². The molecule has 9 heteroatoms. The molecule has 0 aromatic heterocycles. The highest BCUT2D eigenvalue weighted by Crippen LogP contribution is 2.32. The molecule has 1 fully saturated rings. The Morgan fingerprint density at radius 2 is 1.79 bits per heavy atom. The van der Waals surface area contributed by atoms with Crippen LogP contribution in [0.4, 0.5) is 4.79 Å². The van der Waals surface area contributed by atoms with Crippen LogP contribution < -0.4 is 16.0 Å². The Labute approximate surface area is 192 Å². The number of guanidine groups is 1. The van der Waals surface area contributed by atoms with Gasteiger partial charge in [-0.2, -0.15) is 11.8 Å². The van der Waals surface area contributed by atoms with Crippen molar-refractivity contribution in [3.8, 4) is 0 Å². The molecule has 0 aliphatic carbocycles. The maximum Gasteiger partial charge on any atom is 0.408 e. The van der Waals surface area contributed by atoms with Crippen molar-refractivity contribution in [3.63, 3.8) is 0 Å². The largest absolute Gasteiger partial charge is 0.444 e. The number of ether oxygens (including phenoxy) is 2. The van der Waals surface area contributed by atoms with Crippen LogP contribution >= 0.6 is 35.7 Å². The van der Waals surface area contributed by atoms with Crippen LogP contribution in [-0.2, 0) is 9.47 Å². The van der Waals surface area contributed by atoms with Gasteiger partial charge in [-0.25, -0.2) is 4.79 Å². The third-order valence-corrected chi connectivity index (χ3v) is 5.65. The number of carbonyl (C=O) groups excluding carboxylic acids is 1. The lowest BCUT2D eigenvalue weighted by atomic mass is 9.99. The second kappa shape index (κ2) is 12.3. The lowest BCUT2D eigenvalue weighted by Gasteiger charge is -2.36. The number of alkyl carbamates (subject to hydrolysis) is 1. The van der Waals surface area contributed by atoms with Crippen LogP contribution in [0.15, 0.2) is 4.99 Å². The molecule has 166 valence electrons. The summed E-state index contributed by atoms with van der Waals surface area (Å²) in [6.45, 7) is 15.1. The van der Waals surface area contributed by atoms with Crippen LogP contribution in [-0.4, -0.2) is 67.0 Å². The fourth-order valence-corrected chi connectivity index (χ4v) is 3.47. The Hall–Kier alpha value is -0.420. The first-order chi connectivity index (χ1) is 12.5. The minimum absolute atomic E-state index is 0. The van der Waals surface area contributed by atoms with Crippen LogP contribution in [0.2, 0.25) is 0 Å². The SMILES string of the molecule is CCNC(=NCC(C)(C)NC(=O)OC(C)(C)C)NCC1(SC)CCOCC1.I. The smallest absolute Gasteiger partial charge is 0.408 e. The second-order valence-corrected chi connectivity index (χ2v) is 9.83. The molecule has 0 aromatic carbocycles. The number of hydrogen-bond acceptors (Lipinski definition) is 5. The monoisotopic (exact) mass is 530 g/mol. The predicted octanol–water partition coefficient (Wildman–Crippen LogP) is 3.38. The number of rotatable bonds is 7. The third kappa shape index (κ3) is 10.9. The summed E-state index contributed by atoms with van der Waals surface area (Å²) < 4.78 is 11.0. The molecular weight excluding hydrogens is 491 g/mol. The molecule has 1 rings (SSSR count). The van der Waals surface area contributed by atoms with Crippen LogP contribution in [0.5, 0.6) is 0 Å². The zero-order valence-corrected chi connectivity index (χ0v) is 21.6. The van der Waals surface area contributed by atoms with Gasteiger partial charge in [-0.1, -0.05) is 0 Å². The molecule has 3 N–H and O–H groups in total. The molecule has 0 spiro atoms. The van der Waals surface area contributed by atoms with Gasteiger partial charge < -0.3 is 25.4 Å². The molecule has 0 aromatic rings. The van der Waals surface area contributed by atoms with E-state index < -0.39 is 17.2 Å². The summed E-state index contributed by atoms with van der Waals surface area (Å²) in [5, 5.41) is 9.64. The topological polar surface area (TPSA) is 84.0 Å². The molecule has 1 aliphatic heterocycles. The van der Waals surface area contributed by atoms with Crippen LogP contribution in [0, 0.1) is 0 Å². The molecule has 1 aliphatic rings. The van der Waals surface area contributed by atoms with Gasteiger partial charge in [0.2, 0.25) is 0 Å². The first-order valence-electron chi connectivity index (χ1n) is 9.67. The molecule has 1 saturated heterocycles. The Bertz CT molecular complexity index is 504. The highest BCUT2D eigenvalue weighted by Gasteiger charge is 2.32. The summed E-state index contributed by atoms with van der Waals surface area (Å²) in [6, 6.07) is 0. The zero-order valence-electron chi connectivity index (χ0n) is 18.4. The van der Waals surface area contributed by atoms with Gasteiger partial charge in [0.1, 0.15) is 5.60 Å². The quantitative estimate of drug-likeness (QED) is 0.266. The fourth-order valence-electron chi connectivity index (χ4n) is 2.68. The summed E-state index contributed by atoms with van der Waals surface area (Å²) in [5.74, 6) is 0.761. The average Bonchev–Trinajstić information content (AvgIpc) is 2.56. The van der Waals surface area contributed by atoms with Crippen molar-refractivity contribution in [1.82, 2.24) is 16.0 Å². The fraction of sp³-hybridized carbons (Fsp3) is 0.895. The standard InChI is InChI=1S/C19H38N4O3S.HI/c1-8-20-15(22-14-19(27-7)9-11-25-12-10-19)21-13-18(5,6)23-16(24)26-17(2,3)4;/h8-14H2,1-7H3,(H,23,24)(H2,20,21,22);1H. The minimum atomic E-state index is -0.518. The molecule has 0 bridgehead atoms. The van der Waals surface area contributed by atoms with E-state index in [1.54, 1.807) is 0 Å². The summed E-state index contributed by atoms with van der Waals surface area (Å²) in [4.78, 5) is 16.7. The van der Waals surface area contributed by atoms with E-state index in [1.807, 2.05) is 53.3 Å². The molecule has 0 saturated carbocycles. The number of halogens is 1. The molecular formula is C19H39IN4O3S. The molecule has 0 atom stereocenters. The van der Waals surface area contributed by atoms with E-state index in [1.165, 1.54) is 0 Å². The number of thioether (sulfide) groups is 1. The Kier molecular flexibility index (Phi) is 12.1. The van der Waals surface area contributed by atoms with Gasteiger partial charge >= 0.3 is 6.09 Å². The van der Waals surface area contributed by atoms with Gasteiger partial charge in [-0.15, -0.1) is 24.0 Å². The van der Waals surface area contributed by atoms with E-state index in [4.69, 9.17) is 9.47 Å². The van der Waals surface area contributed by atoms with Crippen molar-refractivity contribution in [2.75, 3.05) is 39.1 Å². The van der Waals surface area contributed by atoms with Crippen molar-refractivity contribution in [2.45, 2.75) is 70.3 Å². The Balaban J connectivity index is 0.00000729. The lowest BCUT2D eigenvalue weighted by molar-refractivity contribution is 0.0476. The van der Waals surface area contributed by atoms with Crippen molar-refractivity contribution >= 4 is 47.8 Å². The van der Waals surface area contributed by atoms with Gasteiger partial charge in [0, 0.05) is 31.1 Å². The Morgan fingerprint density at radius 1 is 1.18 bits per heavy atom. The molecule has 1 heterocycles. The maximum absolute atomic E-state index is 12.0. The van der Waals surface area contributed by atoms with Gasteiger partial charge in [0.05, 0.1) is 12.1 Å². The first kappa shape index (κ1) is 27.6. The molecule has 1 amide bonds. The number of nitrogens with zero attached hydrogens (tertiary/aromatic N) is 1. The van der Waals surface area contributed by atoms with E-state index >= 15 is 0 Å². The van der Waals surface area contributed by atoms with E-state index in [0.29, 0.717) is 6.54 Å². The second-order valence-electron chi connectivity index (χ2n) is 8.56. The van der Waals surface area contributed by atoms with Gasteiger partial charge in [-0.3, -0.25) is 4.99 Å². The highest BCUT2D eigenvalue weighted by molar-refractivity contribution is 14.0. The molecule has 7 nitrogen and oxygen atoms in total. The molecule has 0 radical (unpaired) electrons. The predicted molar refractivity (Wildman–Crippen MR) is 129 cm³/mol. The van der Waals surface area contributed by atoms with E-state index in [-0.39, 0.29) is 28.7 Å². The third-order valence-electron chi connectivity index (χ3n) is 4.23. The van der Waals surface area contributed by atoms with Gasteiger partial charge in [0.25, 0.3) is 0 Å².